The van der Waals surface area contributed by atoms with Crippen molar-refractivity contribution < 1.29 is 32.7 Å². The zero-order chi connectivity index (χ0) is 27.7. The number of carbonyl (C=O) groups excluding carboxylic acids is 4. The van der Waals surface area contributed by atoms with Gasteiger partial charge in [0.25, 0.3) is 0 Å². The molecule has 2 aromatic rings. The highest BCUT2D eigenvalue weighted by Gasteiger charge is 2.38. The van der Waals surface area contributed by atoms with Gasteiger partial charge < -0.3 is 25.6 Å². The Morgan fingerprint density at radius 2 is 1.76 bits per heavy atom. The van der Waals surface area contributed by atoms with E-state index >= 15 is 0 Å². The summed E-state index contributed by atoms with van der Waals surface area (Å²) in [5, 5.41) is 7.46. The fourth-order valence-electron chi connectivity index (χ4n) is 3.92. The normalized spacial score (nSPS) is 15.0. The molecule has 0 aliphatic carbocycles. The molecule has 4 amide bonds. The zero-order valence-electron chi connectivity index (χ0n) is 21.4. The molecule has 1 aliphatic heterocycles. The lowest BCUT2D eigenvalue weighted by Crippen LogP contribution is -2.53. The van der Waals surface area contributed by atoms with Crippen LogP contribution in [0.1, 0.15) is 37.8 Å². The Kier molecular flexibility index (Phi) is 9.89. The van der Waals surface area contributed by atoms with Crippen molar-refractivity contribution in [3.63, 3.8) is 0 Å². The van der Waals surface area contributed by atoms with E-state index < -0.39 is 47.5 Å². The van der Waals surface area contributed by atoms with Crippen molar-refractivity contribution in [2.75, 3.05) is 19.9 Å². The van der Waals surface area contributed by atoms with E-state index in [1.165, 1.54) is 11.0 Å². The molecule has 0 radical (unpaired) electrons. The number of benzene rings is 2. The van der Waals surface area contributed by atoms with Crippen LogP contribution in [0, 0.1) is 11.6 Å². The molecule has 0 unspecified atom stereocenters. The molecule has 1 atom stereocenters. The summed E-state index contributed by atoms with van der Waals surface area (Å²) < 4.78 is 32.2. The van der Waals surface area contributed by atoms with Gasteiger partial charge in [-0.25, -0.2) is 8.78 Å². The third kappa shape index (κ3) is 8.34. The number of carbonyl (C=O) groups is 4. The monoisotopic (exact) mass is 530 g/mol. The Bertz CT molecular complexity index is 1160. The van der Waals surface area contributed by atoms with E-state index in [1.807, 2.05) is 44.2 Å². The molecule has 3 rings (SSSR count). The first-order valence-electron chi connectivity index (χ1n) is 12.2. The van der Waals surface area contributed by atoms with Crippen molar-refractivity contribution >= 4 is 23.6 Å². The van der Waals surface area contributed by atoms with Gasteiger partial charge in [-0.2, -0.15) is 0 Å². The number of ether oxygens (including phenoxy) is 1. The number of hydrogen-bond donors (Lipinski definition) is 3. The third-order valence-electron chi connectivity index (χ3n) is 6.14. The van der Waals surface area contributed by atoms with Crippen molar-refractivity contribution in [1.82, 2.24) is 20.9 Å². The molecule has 1 heterocycles. The highest BCUT2D eigenvalue weighted by molar-refractivity contribution is 5.94. The molecule has 0 spiro atoms. The summed E-state index contributed by atoms with van der Waals surface area (Å²) >= 11 is 0. The zero-order valence-corrected chi connectivity index (χ0v) is 21.4. The van der Waals surface area contributed by atoms with Gasteiger partial charge in [0, 0.05) is 24.6 Å². The van der Waals surface area contributed by atoms with Gasteiger partial charge in [-0.3, -0.25) is 19.2 Å². The predicted molar refractivity (Wildman–Crippen MR) is 134 cm³/mol. The van der Waals surface area contributed by atoms with Crippen LogP contribution >= 0.6 is 0 Å². The van der Waals surface area contributed by atoms with Crippen LogP contribution in [-0.2, 0) is 36.9 Å². The molecular formula is C27H32F2N4O5. The fraction of sp³-hybridized carbons (Fsp3) is 0.407. The van der Waals surface area contributed by atoms with Gasteiger partial charge in [-0.05, 0) is 31.9 Å². The van der Waals surface area contributed by atoms with E-state index in [4.69, 9.17) is 4.74 Å². The molecule has 38 heavy (non-hydrogen) atoms. The SMILES string of the molecule is CC1(C)COCN1C(=O)C[C@H](NC(=O)CCc1ccccc1)C(=O)NCC(=O)NCc1ccc(F)cc1F. The Hall–Kier alpha value is -3.86. The topological polar surface area (TPSA) is 117 Å². The van der Waals surface area contributed by atoms with Gasteiger partial charge in [0.15, 0.2) is 0 Å². The van der Waals surface area contributed by atoms with Crippen molar-refractivity contribution in [3.05, 3.63) is 71.3 Å². The van der Waals surface area contributed by atoms with E-state index in [9.17, 15) is 28.0 Å². The summed E-state index contributed by atoms with van der Waals surface area (Å²) in [7, 11) is 0. The van der Waals surface area contributed by atoms with Crippen LogP contribution in [-0.4, -0.2) is 60.0 Å². The minimum atomic E-state index is -1.22. The lowest BCUT2D eigenvalue weighted by atomic mass is 10.0. The molecule has 1 fully saturated rings. The molecular weight excluding hydrogens is 498 g/mol. The molecule has 2 aromatic carbocycles. The number of rotatable bonds is 11. The van der Waals surface area contributed by atoms with Gasteiger partial charge in [-0.15, -0.1) is 0 Å². The smallest absolute Gasteiger partial charge is 0.243 e. The van der Waals surface area contributed by atoms with Crippen molar-refractivity contribution in [2.45, 2.75) is 51.2 Å². The van der Waals surface area contributed by atoms with Crippen LogP contribution < -0.4 is 16.0 Å². The Morgan fingerprint density at radius 3 is 2.42 bits per heavy atom. The van der Waals surface area contributed by atoms with Gasteiger partial charge in [-0.1, -0.05) is 36.4 Å². The van der Waals surface area contributed by atoms with E-state index in [0.29, 0.717) is 19.1 Å². The number of nitrogens with zero attached hydrogens (tertiary/aromatic N) is 1. The molecule has 204 valence electrons. The predicted octanol–water partition coefficient (Wildman–Crippen LogP) is 1.80. The second-order valence-corrected chi connectivity index (χ2v) is 9.65. The van der Waals surface area contributed by atoms with Gasteiger partial charge in [0.05, 0.1) is 25.1 Å². The average Bonchev–Trinajstić information content (AvgIpc) is 3.24. The average molecular weight is 531 g/mol. The van der Waals surface area contributed by atoms with E-state index in [-0.39, 0.29) is 37.6 Å². The summed E-state index contributed by atoms with van der Waals surface area (Å²) in [6.45, 7) is 3.41. The highest BCUT2D eigenvalue weighted by Crippen LogP contribution is 2.22. The molecule has 11 heteroatoms. The quantitative estimate of drug-likeness (QED) is 0.410. The first kappa shape index (κ1) is 28.7. The van der Waals surface area contributed by atoms with Gasteiger partial charge in [0.1, 0.15) is 24.4 Å². The van der Waals surface area contributed by atoms with Crippen LogP contribution in [0.3, 0.4) is 0 Å². The van der Waals surface area contributed by atoms with Crippen LogP contribution in [0.25, 0.3) is 0 Å². The summed E-state index contributed by atoms with van der Waals surface area (Å²) in [5.41, 5.74) is 0.464. The van der Waals surface area contributed by atoms with Gasteiger partial charge in [0.2, 0.25) is 23.6 Å². The largest absolute Gasteiger partial charge is 0.359 e. The standard InChI is InChI=1S/C27H32F2N4O5/c1-27(2)16-38-17-33(27)25(36)13-22(32-23(34)11-8-18-6-4-3-5-7-18)26(37)31-15-24(35)30-14-19-9-10-20(28)12-21(19)29/h3-7,9-10,12,22H,8,11,13-17H2,1-2H3,(H,30,35)(H,31,37)(H,32,34)/t22-/m0/s1. The summed E-state index contributed by atoms with van der Waals surface area (Å²) in [4.78, 5) is 52.2. The molecule has 9 nitrogen and oxygen atoms in total. The first-order valence-corrected chi connectivity index (χ1v) is 12.2. The van der Waals surface area contributed by atoms with Crippen molar-refractivity contribution in [2.24, 2.45) is 0 Å². The van der Waals surface area contributed by atoms with E-state index in [0.717, 1.165) is 11.6 Å². The van der Waals surface area contributed by atoms with E-state index in [2.05, 4.69) is 16.0 Å². The molecule has 3 N–H and O–H groups in total. The maximum absolute atomic E-state index is 13.8. The van der Waals surface area contributed by atoms with Gasteiger partial charge >= 0.3 is 0 Å². The van der Waals surface area contributed by atoms with Crippen molar-refractivity contribution in [1.29, 1.82) is 0 Å². The second-order valence-electron chi connectivity index (χ2n) is 9.65. The Balaban J connectivity index is 1.58. The second kappa shape index (κ2) is 13.1. The van der Waals surface area contributed by atoms with Crippen molar-refractivity contribution in [3.8, 4) is 0 Å². The number of aryl methyl sites for hydroxylation is 1. The number of amides is 4. The lowest BCUT2D eigenvalue weighted by Gasteiger charge is -2.30. The fourth-order valence-corrected chi connectivity index (χ4v) is 3.92. The van der Waals surface area contributed by atoms with Crippen LogP contribution in [0.5, 0.6) is 0 Å². The van der Waals surface area contributed by atoms with Crippen LogP contribution in [0.2, 0.25) is 0 Å². The molecule has 1 aliphatic rings. The molecule has 0 bridgehead atoms. The molecule has 0 aromatic heterocycles. The van der Waals surface area contributed by atoms with Crippen LogP contribution in [0.15, 0.2) is 48.5 Å². The first-order chi connectivity index (χ1) is 18.0. The summed E-state index contributed by atoms with van der Waals surface area (Å²) in [6, 6.07) is 11.1. The minimum absolute atomic E-state index is 0.0739. The summed E-state index contributed by atoms with van der Waals surface area (Å²) in [5.74, 6) is -3.69. The Labute approximate surface area is 219 Å². The third-order valence-corrected chi connectivity index (χ3v) is 6.14. The minimum Gasteiger partial charge on any atom is -0.359 e. The maximum Gasteiger partial charge on any atom is 0.243 e. The number of halogens is 2. The summed E-state index contributed by atoms with van der Waals surface area (Å²) in [6.07, 6.45) is 0.229. The lowest BCUT2D eigenvalue weighted by molar-refractivity contribution is -0.139. The highest BCUT2D eigenvalue weighted by atomic mass is 19.1. The molecule has 0 saturated carbocycles. The van der Waals surface area contributed by atoms with Crippen LogP contribution in [0.4, 0.5) is 8.78 Å². The maximum atomic E-state index is 13.8. The Morgan fingerprint density at radius 1 is 1.03 bits per heavy atom. The number of nitrogens with one attached hydrogen (secondary N) is 3. The number of hydrogen-bond acceptors (Lipinski definition) is 5. The molecule has 1 saturated heterocycles. The van der Waals surface area contributed by atoms with E-state index in [1.54, 1.807) is 0 Å².